The minimum absolute atomic E-state index is 0. The molecule has 0 saturated carbocycles. The van der Waals surface area contributed by atoms with E-state index in [1.165, 1.54) is 86.9 Å². The third-order valence-electron chi connectivity index (χ3n) is 9.93. The van der Waals surface area contributed by atoms with Crippen LogP contribution in [0.15, 0.2) is 60.7 Å². The number of benzene rings is 2. The number of aliphatic hydroxyl groups excluding tert-OH is 4. The molecule has 2 aromatic carbocycles. The zero-order chi connectivity index (χ0) is 55.7. The van der Waals surface area contributed by atoms with Crippen molar-refractivity contribution in [1.29, 1.82) is 0 Å². The van der Waals surface area contributed by atoms with Crippen LogP contribution in [0.2, 0.25) is 0 Å². The molecule has 27 heteroatoms. The number of nitrogens with zero attached hydrogens (tertiary/aromatic N) is 6. The minimum atomic E-state index is -3.65. The molecule has 4 atom stereocenters. The third-order valence-corrected chi connectivity index (χ3v) is 12.3. The van der Waals surface area contributed by atoms with Gasteiger partial charge in [0.05, 0.1) is 72.5 Å². The Labute approximate surface area is 456 Å². The summed E-state index contributed by atoms with van der Waals surface area (Å²) in [6.07, 6.45) is 0.914. The van der Waals surface area contributed by atoms with E-state index < -0.39 is 99.2 Å². The molecule has 4 aromatic rings. The number of hydrogen-bond donors (Lipinski definition) is 8. The quantitative estimate of drug-likeness (QED) is 0.0413. The predicted octanol–water partition coefficient (Wildman–Crippen LogP) is 3.43. The summed E-state index contributed by atoms with van der Waals surface area (Å²) in [5, 5.41) is 73.0. The number of halogens is 2. The van der Waals surface area contributed by atoms with Crippen LogP contribution in [-0.4, -0.2) is 190 Å². The van der Waals surface area contributed by atoms with Gasteiger partial charge >= 0.3 is 61.6 Å². The van der Waals surface area contributed by atoms with Crippen molar-refractivity contribution >= 4 is 106 Å². The van der Waals surface area contributed by atoms with Crippen LogP contribution >= 0.6 is 0 Å². The second kappa shape index (κ2) is 30.1. The molecule has 0 unspecified atom stereocenters. The van der Waals surface area contributed by atoms with E-state index in [0.29, 0.717) is 45.0 Å². The first-order valence-electron chi connectivity index (χ1n) is 21.9. The average Bonchev–Trinajstić information content (AvgIpc) is 3.25. The molecule has 0 aliphatic rings. The molecule has 2 heterocycles. The van der Waals surface area contributed by atoms with Crippen LogP contribution in [0.25, 0.3) is 34.7 Å². The van der Waals surface area contributed by atoms with Gasteiger partial charge in [0, 0.05) is 49.2 Å². The molecule has 0 fully saturated rings. The number of aliphatic carboxylic acids is 4. The molecule has 2 aromatic heterocycles. The third kappa shape index (κ3) is 22.5. The molecule has 0 saturated heterocycles. The molecule has 0 amide bonds. The van der Waals surface area contributed by atoms with Gasteiger partial charge in [0.2, 0.25) is 31.9 Å². The number of carbonyl (C=O) groups is 4. The SMILES string of the molecule is CC(C)c1nc(N(C)S(C)(=O)=O)nc(-c2ccc(F)cc2)c1C=C[C@@H](O)C[C@@H](O)CC(=O)O.CC(C)c1nc(N(C)S(C)(=O)=O)nc(-c2ccc(F)cc2)c1C=C[C@@H](O)C[C@@H](O)CC(=O)O.O=C(O)CC(=O)O.[CaH2]. The second-order valence-electron chi connectivity index (χ2n) is 16.9. The predicted molar refractivity (Wildman–Crippen MR) is 274 cm³/mol. The molecule has 0 aliphatic carbocycles. The fourth-order valence-electron chi connectivity index (χ4n) is 6.22. The molecule has 0 radical (unpaired) electrons. The molecule has 0 bridgehead atoms. The van der Waals surface area contributed by atoms with Crippen molar-refractivity contribution in [3.8, 4) is 22.5 Å². The Hall–Kier alpha value is -5.58. The summed E-state index contributed by atoms with van der Waals surface area (Å²) >= 11 is 0. The van der Waals surface area contributed by atoms with Crippen LogP contribution in [0.4, 0.5) is 20.7 Å². The van der Waals surface area contributed by atoms with E-state index in [9.17, 15) is 65.2 Å². The number of sulfonamides is 2. The molecule has 74 heavy (non-hydrogen) atoms. The Morgan fingerprint density at radius 1 is 0.554 bits per heavy atom. The van der Waals surface area contributed by atoms with Crippen LogP contribution in [0, 0.1) is 11.6 Å². The van der Waals surface area contributed by atoms with E-state index in [-0.39, 0.29) is 74.3 Å². The van der Waals surface area contributed by atoms with Crippen LogP contribution < -0.4 is 8.61 Å². The first-order valence-corrected chi connectivity index (χ1v) is 25.6. The maximum atomic E-state index is 13.5. The van der Waals surface area contributed by atoms with Gasteiger partial charge in [-0.3, -0.25) is 19.2 Å². The normalized spacial score (nSPS) is 13.2. The summed E-state index contributed by atoms with van der Waals surface area (Å²) in [4.78, 5) is 58.0. The van der Waals surface area contributed by atoms with E-state index in [4.69, 9.17) is 20.4 Å². The number of carboxylic acids is 4. The van der Waals surface area contributed by atoms with Crippen molar-refractivity contribution in [3.63, 3.8) is 0 Å². The topological polar surface area (TPSA) is 356 Å². The van der Waals surface area contributed by atoms with Crippen molar-refractivity contribution in [2.75, 3.05) is 35.2 Å². The van der Waals surface area contributed by atoms with Gasteiger partial charge in [0.15, 0.2) is 0 Å². The van der Waals surface area contributed by atoms with Crippen molar-refractivity contribution in [2.24, 2.45) is 0 Å². The van der Waals surface area contributed by atoms with Crippen molar-refractivity contribution in [1.82, 2.24) is 19.9 Å². The number of rotatable bonds is 22. The molecular weight excluding hydrogens is 1050 g/mol. The monoisotopic (exact) mass is 1110 g/mol. The van der Waals surface area contributed by atoms with E-state index in [1.807, 2.05) is 27.7 Å². The van der Waals surface area contributed by atoms with Crippen molar-refractivity contribution < 1.29 is 85.6 Å². The van der Waals surface area contributed by atoms with Gasteiger partial charge in [-0.1, -0.05) is 52.0 Å². The Kier molecular flexibility index (Phi) is 27.0. The Bertz CT molecular complexity index is 2650. The van der Waals surface area contributed by atoms with Gasteiger partial charge in [-0.25, -0.2) is 54.2 Å². The van der Waals surface area contributed by atoms with Crippen LogP contribution in [-0.2, 0) is 39.2 Å². The number of aliphatic hydroxyl groups is 4. The first kappa shape index (κ1) is 66.4. The molecule has 0 aliphatic heterocycles. The summed E-state index contributed by atoms with van der Waals surface area (Å²) in [7, 11) is -4.65. The van der Waals surface area contributed by atoms with E-state index >= 15 is 0 Å². The van der Waals surface area contributed by atoms with Crippen LogP contribution in [0.5, 0.6) is 0 Å². The van der Waals surface area contributed by atoms with Gasteiger partial charge in [-0.15, -0.1) is 0 Å². The molecule has 8 N–H and O–H groups in total. The molecule has 404 valence electrons. The van der Waals surface area contributed by atoms with E-state index in [1.54, 1.807) is 0 Å². The number of hydrogen-bond acceptors (Lipinski definition) is 16. The Balaban J connectivity index is 0.000000647. The molecule has 4 rings (SSSR count). The number of anilines is 2. The van der Waals surface area contributed by atoms with Gasteiger partial charge in [0.25, 0.3) is 0 Å². The van der Waals surface area contributed by atoms with Crippen LogP contribution in [0.1, 0.15) is 94.1 Å². The van der Waals surface area contributed by atoms with E-state index in [0.717, 1.165) is 21.1 Å². The molecule has 22 nitrogen and oxygen atoms in total. The summed E-state index contributed by atoms with van der Waals surface area (Å²) in [6, 6.07) is 11.0. The number of carboxylic acid groups (broad SMARTS) is 4. The molecular formula is C47H62CaF2N6O16S2. The van der Waals surface area contributed by atoms with Gasteiger partial charge in [0.1, 0.15) is 18.1 Å². The average molecular weight is 1110 g/mol. The van der Waals surface area contributed by atoms with Gasteiger partial charge in [-0.2, -0.15) is 0 Å². The van der Waals surface area contributed by atoms with Crippen molar-refractivity contribution in [3.05, 3.63) is 94.8 Å². The fraction of sp³-hybridized carbons (Fsp3) is 0.404. The maximum absolute atomic E-state index is 13.5. The second-order valence-corrected chi connectivity index (χ2v) is 20.9. The van der Waals surface area contributed by atoms with Gasteiger partial charge < -0.3 is 40.9 Å². The summed E-state index contributed by atoms with van der Waals surface area (Å²) < 4.78 is 77.2. The van der Waals surface area contributed by atoms with Gasteiger partial charge in [-0.05, 0) is 60.4 Å². The van der Waals surface area contributed by atoms with E-state index in [2.05, 4.69) is 19.9 Å². The molecule has 0 spiro atoms. The zero-order valence-corrected chi connectivity index (χ0v) is 42.7. The standard InChI is InChI=1S/2C22H28FN3O6S.C3H4O4.Ca.2H/c2*1-13(2)20-18(10-9-16(27)11-17(28)12-19(29)30)21(14-5-7-15(23)8-6-14)25-22(24-20)26(3)33(4,31)32;4-2(5)1-3(6)7;;;/h2*5-10,13,16-17,27-28H,11-12H2,1-4H3,(H,29,30);1H2,(H,4,5)(H,6,7);;;/t2*16-,17-;;;;/m11..../s1. The zero-order valence-electron chi connectivity index (χ0n) is 41.0. The number of aromatic nitrogens is 4. The Morgan fingerprint density at radius 3 is 1.08 bits per heavy atom. The van der Waals surface area contributed by atoms with Crippen molar-refractivity contribution in [2.45, 2.75) is 96.1 Å². The van der Waals surface area contributed by atoms with Crippen LogP contribution in [0.3, 0.4) is 0 Å². The first-order chi connectivity index (χ1) is 33.7. The summed E-state index contributed by atoms with van der Waals surface area (Å²) in [6.45, 7) is 7.41. The Morgan fingerprint density at radius 2 is 0.851 bits per heavy atom. The fourth-order valence-corrected chi connectivity index (χ4v) is 6.98. The summed E-state index contributed by atoms with van der Waals surface area (Å²) in [5.41, 5.74) is 3.60. The summed E-state index contributed by atoms with van der Waals surface area (Å²) in [5.74, 6) is -6.36.